The summed E-state index contributed by atoms with van der Waals surface area (Å²) in [6, 6.07) is 21.5. The molecule has 4 rings (SSSR count). The van der Waals surface area contributed by atoms with Gasteiger partial charge in [0, 0.05) is 35.5 Å². The second-order valence-corrected chi connectivity index (χ2v) is 9.71. The maximum Gasteiger partial charge on any atom is 0.224 e. The van der Waals surface area contributed by atoms with Crippen molar-refractivity contribution in [2.45, 2.75) is 37.9 Å². The van der Waals surface area contributed by atoms with Crippen LogP contribution in [-0.4, -0.2) is 32.2 Å². The van der Waals surface area contributed by atoms with Crippen LogP contribution in [0.1, 0.15) is 40.0 Å². The summed E-state index contributed by atoms with van der Waals surface area (Å²) in [6.07, 6.45) is 2.00. The Morgan fingerprint density at radius 1 is 1.00 bits per heavy atom. The van der Waals surface area contributed by atoms with Crippen LogP contribution in [0.4, 0.5) is 5.69 Å². The summed E-state index contributed by atoms with van der Waals surface area (Å²) < 4.78 is 2.13. The summed E-state index contributed by atoms with van der Waals surface area (Å²) in [5.41, 5.74) is 2.55. The monoisotopic (exact) mass is 490 g/mol. The average Bonchev–Trinajstić information content (AvgIpc) is 3.52. The molecule has 6 nitrogen and oxygen atoms in total. The van der Waals surface area contributed by atoms with E-state index >= 15 is 0 Å². The highest BCUT2D eigenvalue weighted by atomic mass is 32.2. The number of amides is 1. The van der Waals surface area contributed by atoms with E-state index in [1.165, 1.54) is 22.2 Å². The quantitative estimate of drug-likeness (QED) is 0.222. The van der Waals surface area contributed by atoms with E-state index in [9.17, 15) is 9.59 Å². The third-order valence-electron chi connectivity index (χ3n) is 5.32. The van der Waals surface area contributed by atoms with Crippen LogP contribution in [0.25, 0.3) is 0 Å². The van der Waals surface area contributed by atoms with Gasteiger partial charge in [-0.2, -0.15) is 0 Å². The molecule has 2 aromatic carbocycles. The molecule has 0 aliphatic carbocycles. The van der Waals surface area contributed by atoms with Crippen molar-refractivity contribution in [3.8, 4) is 0 Å². The number of rotatable bonds is 11. The van der Waals surface area contributed by atoms with Gasteiger partial charge in [0.05, 0.1) is 5.75 Å². The molecule has 1 amide bonds. The fraction of sp³-hybridized carbons (Fsp3) is 0.231. The van der Waals surface area contributed by atoms with Crippen LogP contribution in [0.5, 0.6) is 0 Å². The number of carbonyl (C=O) groups is 2. The number of thiophene rings is 1. The summed E-state index contributed by atoms with van der Waals surface area (Å²) in [5, 5.41) is 14.5. The number of hydrogen-bond acceptors (Lipinski definition) is 6. The molecule has 8 heteroatoms. The van der Waals surface area contributed by atoms with Crippen molar-refractivity contribution in [3.05, 3.63) is 93.9 Å². The largest absolute Gasteiger partial charge is 0.326 e. The van der Waals surface area contributed by atoms with Crippen molar-refractivity contribution >= 4 is 40.5 Å². The van der Waals surface area contributed by atoms with E-state index in [1.54, 1.807) is 42.5 Å². The van der Waals surface area contributed by atoms with Crippen molar-refractivity contribution in [2.75, 3.05) is 11.1 Å². The lowest BCUT2D eigenvalue weighted by molar-refractivity contribution is -0.115. The van der Waals surface area contributed by atoms with E-state index in [1.807, 2.05) is 24.3 Å². The maximum atomic E-state index is 12.8. The maximum absolute atomic E-state index is 12.8. The summed E-state index contributed by atoms with van der Waals surface area (Å²) in [5.74, 6) is 1.13. The number of nitrogens with one attached hydrogen (secondary N) is 1. The fourth-order valence-electron chi connectivity index (χ4n) is 3.44. The lowest BCUT2D eigenvalue weighted by Gasteiger charge is -2.10. The Labute approximate surface area is 207 Å². The molecule has 2 aromatic heterocycles. The summed E-state index contributed by atoms with van der Waals surface area (Å²) in [4.78, 5) is 25.6. The second kappa shape index (κ2) is 11.8. The van der Waals surface area contributed by atoms with Crippen molar-refractivity contribution in [1.82, 2.24) is 14.8 Å². The average molecular weight is 491 g/mol. The lowest BCUT2D eigenvalue weighted by Crippen LogP contribution is -2.10. The van der Waals surface area contributed by atoms with Crippen LogP contribution >= 0.6 is 23.1 Å². The van der Waals surface area contributed by atoms with E-state index in [0.717, 1.165) is 30.4 Å². The van der Waals surface area contributed by atoms with Gasteiger partial charge in [-0.25, -0.2) is 0 Å². The van der Waals surface area contributed by atoms with Gasteiger partial charge in [-0.3, -0.25) is 9.59 Å². The molecule has 0 bridgehead atoms. The molecule has 0 radical (unpaired) electrons. The van der Waals surface area contributed by atoms with Crippen LogP contribution in [0, 0.1) is 0 Å². The van der Waals surface area contributed by atoms with Gasteiger partial charge in [-0.15, -0.1) is 21.5 Å². The Kier molecular flexibility index (Phi) is 8.27. The number of carbonyl (C=O) groups excluding carboxylic acids is 2. The van der Waals surface area contributed by atoms with E-state index in [0.29, 0.717) is 17.7 Å². The number of aryl methyl sites for hydroxylation is 1. The molecule has 0 fully saturated rings. The van der Waals surface area contributed by atoms with Crippen LogP contribution in [0.3, 0.4) is 0 Å². The van der Waals surface area contributed by atoms with E-state index in [-0.39, 0.29) is 17.4 Å². The van der Waals surface area contributed by atoms with Gasteiger partial charge in [0.1, 0.15) is 5.82 Å². The van der Waals surface area contributed by atoms with Crippen molar-refractivity contribution in [3.63, 3.8) is 0 Å². The van der Waals surface area contributed by atoms with E-state index in [2.05, 4.69) is 43.7 Å². The van der Waals surface area contributed by atoms with Gasteiger partial charge in [-0.1, -0.05) is 55.1 Å². The molecule has 174 valence electrons. The predicted molar refractivity (Wildman–Crippen MR) is 138 cm³/mol. The van der Waals surface area contributed by atoms with Gasteiger partial charge in [0.2, 0.25) is 5.91 Å². The molecular formula is C26H26N4O2S2. The highest BCUT2D eigenvalue weighted by Gasteiger charge is 2.16. The topological polar surface area (TPSA) is 76.9 Å². The zero-order valence-electron chi connectivity index (χ0n) is 18.9. The first kappa shape index (κ1) is 23.9. The zero-order valence-corrected chi connectivity index (χ0v) is 20.6. The fourth-order valence-corrected chi connectivity index (χ4v) is 5.02. The minimum atomic E-state index is -0.0529. The summed E-state index contributed by atoms with van der Waals surface area (Å²) >= 11 is 3.11. The molecular weight excluding hydrogens is 464 g/mol. The molecule has 0 aliphatic heterocycles. The minimum Gasteiger partial charge on any atom is -0.326 e. The molecule has 4 aromatic rings. The van der Waals surface area contributed by atoms with Gasteiger partial charge in [0.15, 0.2) is 10.9 Å². The molecule has 0 spiro atoms. The van der Waals surface area contributed by atoms with Gasteiger partial charge in [0.25, 0.3) is 0 Å². The third-order valence-corrected chi connectivity index (χ3v) is 7.16. The van der Waals surface area contributed by atoms with Crippen LogP contribution in [0.15, 0.2) is 77.3 Å². The number of Topliss-reactive ketones (excluding diaryl/α,β-unsaturated/α-hetero) is 1. The number of aromatic nitrogens is 3. The Morgan fingerprint density at radius 2 is 1.79 bits per heavy atom. The molecule has 0 saturated heterocycles. The minimum absolute atomic E-state index is 0.00999. The number of thioether (sulfide) groups is 1. The highest BCUT2D eigenvalue weighted by Crippen LogP contribution is 2.22. The smallest absolute Gasteiger partial charge is 0.224 e. The van der Waals surface area contributed by atoms with Gasteiger partial charge < -0.3 is 9.88 Å². The van der Waals surface area contributed by atoms with Crippen molar-refractivity contribution in [1.29, 1.82) is 0 Å². The summed E-state index contributed by atoms with van der Waals surface area (Å²) in [7, 11) is 0. The predicted octanol–water partition coefficient (Wildman–Crippen LogP) is 5.50. The zero-order chi connectivity index (χ0) is 23.8. The Bertz CT molecular complexity index is 1220. The summed E-state index contributed by atoms with van der Waals surface area (Å²) in [6.45, 7) is 2.55. The lowest BCUT2D eigenvalue weighted by atomic mass is 10.1. The van der Waals surface area contributed by atoms with Crippen molar-refractivity contribution < 1.29 is 9.59 Å². The van der Waals surface area contributed by atoms with E-state index < -0.39 is 0 Å². The molecule has 2 heterocycles. The first-order valence-corrected chi connectivity index (χ1v) is 13.0. The van der Waals surface area contributed by atoms with Crippen LogP contribution in [-0.2, 0) is 24.2 Å². The van der Waals surface area contributed by atoms with E-state index in [4.69, 9.17) is 0 Å². The van der Waals surface area contributed by atoms with Crippen LogP contribution in [0.2, 0.25) is 0 Å². The number of anilines is 1. The molecule has 34 heavy (non-hydrogen) atoms. The Balaban J connectivity index is 1.44. The number of nitrogens with zero attached hydrogens (tertiary/aromatic N) is 3. The molecule has 0 unspecified atom stereocenters. The normalized spacial score (nSPS) is 10.9. The number of hydrogen-bond donors (Lipinski definition) is 1. The Morgan fingerprint density at radius 3 is 2.50 bits per heavy atom. The standard InChI is InChI=1S/C26H26N4O2S2/c1-2-25(32)27-21-12-10-20(11-13-21)23(31)18-34-26-29-28-24(17-22-9-6-16-33-22)30(26)15-14-19-7-4-3-5-8-19/h3-13,16H,2,14-15,17-18H2,1H3,(H,27,32). The second-order valence-electron chi connectivity index (χ2n) is 7.73. The first-order valence-electron chi connectivity index (χ1n) is 11.2. The van der Waals surface area contributed by atoms with Gasteiger partial charge >= 0.3 is 0 Å². The SMILES string of the molecule is CCC(=O)Nc1ccc(C(=O)CSc2nnc(Cc3cccs3)n2CCc2ccccc2)cc1. The number of ketones is 1. The third kappa shape index (κ3) is 6.42. The van der Waals surface area contributed by atoms with Crippen LogP contribution < -0.4 is 5.32 Å². The van der Waals surface area contributed by atoms with Gasteiger partial charge in [-0.05, 0) is 47.7 Å². The Hall–Kier alpha value is -3.23. The van der Waals surface area contributed by atoms with Crippen molar-refractivity contribution in [2.24, 2.45) is 0 Å². The molecule has 0 atom stereocenters. The highest BCUT2D eigenvalue weighted by molar-refractivity contribution is 7.99. The first-order chi connectivity index (χ1) is 16.6. The number of benzene rings is 2. The molecule has 0 saturated carbocycles. The molecule has 0 aliphatic rings. The molecule has 1 N–H and O–H groups in total.